The maximum absolute atomic E-state index is 10.8. The largest absolute Gasteiger partial charge is 0.366 e. The summed E-state index contributed by atoms with van der Waals surface area (Å²) in [5.41, 5.74) is 7.82. The Kier molecular flexibility index (Phi) is 9.95. The van der Waals surface area contributed by atoms with Crippen LogP contribution in [0.5, 0.6) is 0 Å². The van der Waals surface area contributed by atoms with Crippen molar-refractivity contribution in [3.05, 3.63) is 34.9 Å². The fraction of sp³-hybridized carbons (Fsp3) is 0.462. The summed E-state index contributed by atoms with van der Waals surface area (Å²) in [4.78, 5) is 10.8. The second kappa shape index (κ2) is 9.25. The van der Waals surface area contributed by atoms with E-state index in [1.807, 2.05) is 53.7 Å². The van der Waals surface area contributed by atoms with Crippen molar-refractivity contribution in [1.82, 2.24) is 0 Å². The molecule has 1 aromatic rings. The first kappa shape index (κ1) is 16.1. The van der Waals surface area contributed by atoms with Gasteiger partial charge in [0.1, 0.15) is 0 Å². The van der Waals surface area contributed by atoms with E-state index >= 15 is 0 Å². The highest BCUT2D eigenvalue weighted by Gasteiger charge is 2.02. The summed E-state index contributed by atoms with van der Waals surface area (Å²) in [5.74, 6) is -0.359. The number of carbonyl (C=O) groups is 1. The molecule has 0 bridgehead atoms. The molecule has 0 fully saturated rings. The van der Waals surface area contributed by atoms with Gasteiger partial charge in [0, 0.05) is 5.56 Å². The molecule has 0 aliphatic heterocycles. The van der Waals surface area contributed by atoms with Crippen molar-refractivity contribution in [2.45, 2.75) is 41.5 Å². The fourth-order valence-electron chi connectivity index (χ4n) is 1.09. The first-order valence-electron chi connectivity index (χ1n) is 5.48. The van der Waals surface area contributed by atoms with Crippen LogP contribution in [0.2, 0.25) is 0 Å². The quantitative estimate of drug-likeness (QED) is 0.756. The molecule has 2 nitrogen and oxygen atoms in total. The van der Waals surface area contributed by atoms with Gasteiger partial charge in [-0.05, 0) is 25.5 Å². The molecular weight excluding hydrogens is 186 g/mol. The minimum Gasteiger partial charge on any atom is -0.366 e. The number of amides is 1. The lowest BCUT2D eigenvalue weighted by Gasteiger charge is -2.01. The Morgan fingerprint density at radius 2 is 1.53 bits per heavy atom. The number of nitrogens with two attached hydrogens (primary N) is 1. The summed E-state index contributed by atoms with van der Waals surface area (Å²) in [7, 11) is 0. The van der Waals surface area contributed by atoms with Crippen LogP contribution in [0.25, 0.3) is 0 Å². The number of primary amides is 1. The van der Waals surface area contributed by atoms with E-state index in [4.69, 9.17) is 5.73 Å². The van der Waals surface area contributed by atoms with Crippen LogP contribution in [0.1, 0.15) is 49.2 Å². The molecule has 2 heteroatoms. The van der Waals surface area contributed by atoms with Crippen LogP contribution in [0, 0.1) is 13.8 Å². The second-order valence-electron chi connectivity index (χ2n) is 2.68. The van der Waals surface area contributed by atoms with Crippen molar-refractivity contribution in [3.8, 4) is 0 Å². The zero-order valence-electron chi connectivity index (χ0n) is 10.7. The minimum absolute atomic E-state index is 0.359. The number of rotatable bonds is 1. The first-order chi connectivity index (χ1) is 7.11. The predicted octanol–water partition coefficient (Wildman–Crippen LogP) is 3.45. The molecule has 2 N–H and O–H groups in total. The number of aryl methyl sites for hydroxylation is 2. The lowest BCUT2D eigenvalue weighted by atomic mass is 10.1. The van der Waals surface area contributed by atoms with Gasteiger partial charge in [-0.25, -0.2) is 0 Å². The summed E-state index contributed by atoms with van der Waals surface area (Å²) in [6, 6.07) is 5.58. The van der Waals surface area contributed by atoms with E-state index in [1.165, 1.54) is 0 Å². The molecule has 0 aromatic heterocycles. The molecule has 0 saturated carbocycles. The second-order valence-corrected chi connectivity index (χ2v) is 2.68. The van der Waals surface area contributed by atoms with Gasteiger partial charge in [-0.3, -0.25) is 4.79 Å². The first-order valence-corrected chi connectivity index (χ1v) is 5.48. The molecule has 0 aliphatic rings. The van der Waals surface area contributed by atoms with E-state index in [0.29, 0.717) is 5.56 Å². The lowest BCUT2D eigenvalue weighted by Crippen LogP contribution is -2.12. The average Bonchev–Trinajstić information content (AvgIpc) is 2.23. The average molecular weight is 209 g/mol. The van der Waals surface area contributed by atoms with Crippen LogP contribution in [0.4, 0.5) is 0 Å². The van der Waals surface area contributed by atoms with Gasteiger partial charge in [0.15, 0.2) is 0 Å². The molecular formula is C13H23NO. The molecule has 0 heterocycles. The summed E-state index contributed by atoms with van der Waals surface area (Å²) >= 11 is 0. The van der Waals surface area contributed by atoms with E-state index in [9.17, 15) is 4.79 Å². The van der Waals surface area contributed by atoms with Gasteiger partial charge >= 0.3 is 0 Å². The van der Waals surface area contributed by atoms with Crippen molar-refractivity contribution in [1.29, 1.82) is 0 Å². The summed E-state index contributed by atoms with van der Waals surface area (Å²) < 4.78 is 0. The normalized spacial score (nSPS) is 7.87. The van der Waals surface area contributed by atoms with Crippen LogP contribution < -0.4 is 5.73 Å². The lowest BCUT2D eigenvalue weighted by molar-refractivity contribution is 0.0999. The summed E-state index contributed by atoms with van der Waals surface area (Å²) in [6.45, 7) is 11.9. The highest BCUT2D eigenvalue weighted by atomic mass is 16.1. The molecule has 1 aromatic carbocycles. The molecule has 1 rings (SSSR count). The Balaban J connectivity index is 0. The van der Waals surface area contributed by atoms with E-state index in [0.717, 1.165) is 11.1 Å². The highest BCUT2D eigenvalue weighted by molar-refractivity contribution is 5.94. The van der Waals surface area contributed by atoms with Crippen molar-refractivity contribution < 1.29 is 4.79 Å². The Morgan fingerprint density at radius 1 is 1.07 bits per heavy atom. The minimum atomic E-state index is -0.359. The third-order valence-corrected chi connectivity index (χ3v) is 1.65. The van der Waals surface area contributed by atoms with Crippen LogP contribution in [0.3, 0.4) is 0 Å². The van der Waals surface area contributed by atoms with Gasteiger partial charge < -0.3 is 5.73 Å². The molecule has 0 radical (unpaired) electrons. The van der Waals surface area contributed by atoms with Gasteiger partial charge in [-0.2, -0.15) is 0 Å². The summed E-state index contributed by atoms with van der Waals surface area (Å²) in [6.07, 6.45) is 0. The van der Waals surface area contributed by atoms with E-state index in [-0.39, 0.29) is 5.91 Å². The number of carbonyl (C=O) groups excluding carboxylic acids is 1. The number of benzene rings is 1. The van der Waals surface area contributed by atoms with Gasteiger partial charge in [-0.15, -0.1) is 0 Å². The van der Waals surface area contributed by atoms with Crippen LogP contribution in [0.15, 0.2) is 18.2 Å². The van der Waals surface area contributed by atoms with Crippen molar-refractivity contribution in [3.63, 3.8) is 0 Å². The van der Waals surface area contributed by atoms with Gasteiger partial charge in [0.25, 0.3) is 0 Å². The molecule has 0 saturated heterocycles. The topological polar surface area (TPSA) is 43.1 Å². The Labute approximate surface area is 93.5 Å². The zero-order chi connectivity index (χ0) is 12.4. The van der Waals surface area contributed by atoms with Crippen molar-refractivity contribution in [2.75, 3.05) is 0 Å². The van der Waals surface area contributed by atoms with Crippen LogP contribution in [-0.4, -0.2) is 5.91 Å². The molecule has 0 spiro atoms. The van der Waals surface area contributed by atoms with E-state index < -0.39 is 0 Å². The standard InChI is InChI=1S/C9H11NO.2C2H6/c1-6-3-4-8(9(10)11)7(2)5-6;2*1-2/h3-5H,1-2H3,(H2,10,11);2*1-2H3. The number of hydrogen-bond acceptors (Lipinski definition) is 1. The van der Waals surface area contributed by atoms with Gasteiger partial charge in [0.2, 0.25) is 5.91 Å². The summed E-state index contributed by atoms with van der Waals surface area (Å²) in [5, 5.41) is 0. The smallest absolute Gasteiger partial charge is 0.248 e. The van der Waals surface area contributed by atoms with Crippen molar-refractivity contribution in [2.24, 2.45) is 5.73 Å². The third kappa shape index (κ3) is 5.89. The Hall–Kier alpha value is -1.31. The Bertz CT molecular complexity index is 293. The molecule has 1 amide bonds. The van der Waals surface area contributed by atoms with E-state index in [2.05, 4.69) is 0 Å². The highest BCUT2D eigenvalue weighted by Crippen LogP contribution is 2.08. The van der Waals surface area contributed by atoms with Crippen LogP contribution in [-0.2, 0) is 0 Å². The molecule has 0 unspecified atom stereocenters. The maximum atomic E-state index is 10.8. The molecule has 15 heavy (non-hydrogen) atoms. The Morgan fingerprint density at radius 3 is 1.87 bits per heavy atom. The fourth-order valence-corrected chi connectivity index (χ4v) is 1.09. The predicted molar refractivity (Wildman–Crippen MR) is 67.1 cm³/mol. The van der Waals surface area contributed by atoms with Crippen LogP contribution >= 0.6 is 0 Å². The third-order valence-electron chi connectivity index (χ3n) is 1.65. The molecule has 0 aliphatic carbocycles. The maximum Gasteiger partial charge on any atom is 0.248 e. The monoisotopic (exact) mass is 209 g/mol. The van der Waals surface area contributed by atoms with E-state index in [1.54, 1.807) is 6.07 Å². The SMILES string of the molecule is CC.CC.Cc1ccc(C(N)=O)c(C)c1. The molecule has 0 atom stereocenters. The van der Waals surface area contributed by atoms with Gasteiger partial charge in [0.05, 0.1) is 0 Å². The zero-order valence-corrected chi connectivity index (χ0v) is 10.7. The van der Waals surface area contributed by atoms with Crippen molar-refractivity contribution >= 4 is 5.91 Å². The number of hydrogen-bond donors (Lipinski definition) is 1. The molecule has 86 valence electrons. The van der Waals surface area contributed by atoms with Gasteiger partial charge in [-0.1, -0.05) is 45.4 Å².